The number of rotatable bonds is 2. The van der Waals surface area contributed by atoms with Gasteiger partial charge in [0.1, 0.15) is 0 Å². The van der Waals surface area contributed by atoms with Crippen molar-refractivity contribution < 1.29 is 57.5 Å². The fourth-order valence-electron chi connectivity index (χ4n) is 0.0833. The summed E-state index contributed by atoms with van der Waals surface area (Å²) in [7, 11) is 0. The molecule has 0 radical (unpaired) electrons. The molecule has 4 nitrogen and oxygen atoms in total. The molecule has 11 heavy (non-hydrogen) atoms. The molecule has 0 aliphatic rings. The molecule has 52 valence electrons. The minimum atomic E-state index is -1.89. The van der Waals surface area contributed by atoms with E-state index in [0.717, 1.165) is 13.8 Å². The van der Waals surface area contributed by atoms with Crippen LogP contribution in [0.5, 0.6) is 0 Å². The number of carboxylic acids is 2. The molecule has 0 aliphatic carbocycles. The maximum atomic E-state index is 9.93. The molecule has 0 aliphatic heterocycles. The van der Waals surface area contributed by atoms with Crippen molar-refractivity contribution in [2.45, 2.75) is 13.8 Å². The van der Waals surface area contributed by atoms with Gasteiger partial charge in [0.2, 0.25) is 0 Å². The molecule has 0 heterocycles. The van der Waals surface area contributed by atoms with Gasteiger partial charge in [0.15, 0.2) is 0 Å². The van der Waals surface area contributed by atoms with Gasteiger partial charge in [-0.05, 0) is 13.8 Å². The Bertz CT molecular complexity index is 139. The second-order valence-corrected chi connectivity index (χ2v) is 2.20. The Kier molecular flexibility index (Phi) is 9.02. The third kappa shape index (κ3) is 4.55. The van der Waals surface area contributed by atoms with E-state index in [0.29, 0.717) is 0 Å². The third-order valence-corrected chi connectivity index (χ3v) is 1.02. The van der Waals surface area contributed by atoms with Crippen LogP contribution in [-0.4, -0.2) is 11.9 Å². The molecule has 0 amide bonds. The van der Waals surface area contributed by atoms with E-state index in [1.165, 1.54) is 0 Å². The number of hydrogen-bond acceptors (Lipinski definition) is 4. The summed E-state index contributed by atoms with van der Waals surface area (Å²) in [6, 6.07) is 0. The minimum absolute atomic E-state index is 0. The van der Waals surface area contributed by atoms with Gasteiger partial charge in [-0.3, -0.25) is 0 Å². The second-order valence-electron chi connectivity index (χ2n) is 2.20. The van der Waals surface area contributed by atoms with Gasteiger partial charge in [0.05, 0.1) is 11.9 Å². The summed E-state index contributed by atoms with van der Waals surface area (Å²) >= 11 is 0. The van der Waals surface area contributed by atoms with Gasteiger partial charge in [-0.25, -0.2) is 0 Å². The van der Waals surface area contributed by atoms with Crippen LogP contribution in [0, 0.1) is 5.41 Å². The van der Waals surface area contributed by atoms with Crippen molar-refractivity contribution in [2.75, 3.05) is 0 Å². The zero-order valence-corrected chi connectivity index (χ0v) is 7.13. The van der Waals surface area contributed by atoms with E-state index in [9.17, 15) is 19.8 Å². The summed E-state index contributed by atoms with van der Waals surface area (Å²) in [4.78, 5) is 19.9. The summed E-state index contributed by atoms with van der Waals surface area (Å²) in [5, 5.41) is 19.9. The van der Waals surface area contributed by atoms with E-state index in [1.807, 2.05) is 0 Å². The van der Waals surface area contributed by atoms with E-state index in [-0.39, 0.29) is 37.7 Å². The fourth-order valence-corrected chi connectivity index (χ4v) is 0.0833. The Morgan fingerprint density at radius 1 is 1.00 bits per heavy atom. The van der Waals surface area contributed by atoms with Crippen molar-refractivity contribution >= 4 is 11.9 Å². The van der Waals surface area contributed by atoms with E-state index >= 15 is 0 Å². The predicted octanol–water partition coefficient (Wildman–Crippen LogP) is -8.48. The van der Waals surface area contributed by atoms with E-state index in [2.05, 4.69) is 0 Å². The zero-order valence-electron chi connectivity index (χ0n) is 7.13. The molecule has 0 aromatic rings. The van der Waals surface area contributed by atoms with E-state index < -0.39 is 17.4 Å². The molecular weight excluding hydrogens is 138 g/mol. The standard InChI is InChI=1S/C5H8O4.2Li/c1-5(2,3(6)7)4(8)9;;/h1-2H3,(H,6,7)(H,8,9);;/q;2*+1/p-2. The van der Waals surface area contributed by atoms with Gasteiger partial charge in [-0.2, -0.15) is 0 Å². The predicted molar refractivity (Wildman–Crippen MR) is 23.8 cm³/mol. The van der Waals surface area contributed by atoms with Crippen molar-refractivity contribution in [1.29, 1.82) is 0 Å². The van der Waals surface area contributed by atoms with Crippen molar-refractivity contribution in [1.82, 2.24) is 0 Å². The van der Waals surface area contributed by atoms with Gasteiger partial charge in [-0.1, -0.05) is 0 Å². The first-order chi connectivity index (χ1) is 3.89. The molecule has 0 saturated heterocycles. The van der Waals surface area contributed by atoms with Crippen LogP contribution in [0.2, 0.25) is 0 Å². The second kappa shape index (κ2) is 5.74. The Morgan fingerprint density at radius 3 is 1.18 bits per heavy atom. The number of hydrogen-bond donors (Lipinski definition) is 0. The normalized spacial score (nSPS) is 8.91. The SMILES string of the molecule is CC(C)(C(=O)[O-])C(=O)[O-].[Li+].[Li+]. The molecule has 0 fully saturated rings. The van der Waals surface area contributed by atoms with Crippen LogP contribution < -0.4 is 47.9 Å². The van der Waals surface area contributed by atoms with Crippen molar-refractivity contribution in [3.8, 4) is 0 Å². The van der Waals surface area contributed by atoms with Gasteiger partial charge in [-0.15, -0.1) is 0 Å². The molecule has 0 spiro atoms. The maximum Gasteiger partial charge on any atom is 1.00 e. The molecule has 0 unspecified atom stereocenters. The molecule has 0 aromatic carbocycles. The van der Waals surface area contributed by atoms with E-state index in [4.69, 9.17) is 0 Å². The number of carbonyl (C=O) groups excluding carboxylic acids is 2. The molecule has 0 rings (SSSR count). The van der Waals surface area contributed by atoms with E-state index in [1.54, 1.807) is 0 Å². The van der Waals surface area contributed by atoms with Crippen molar-refractivity contribution in [3.05, 3.63) is 0 Å². The van der Waals surface area contributed by atoms with Crippen LogP contribution in [-0.2, 0) is 9.59 Å². The molecule has 0 saturated carbocycles. The Balaban J connectivity index is -0.000000320. The van der Waals surface area contributed by atoms with Crippen molar-refractivity contribution in [3.63, 3.8) is 0 Å². The Labute approximate surface area is 88.7 Å². The molecule has 6 heteroatoms. The van der Waals surface area contributed by atoms with Gasteiger partial charge < -0.3 is 19.8 Å². The topological polar surface area (TPSA) is 80.3 Å². The molecule has 0 N–H and O–H groups in total. The van der Waals surface area contributed by atoms with Crippen LogP contribution in [0.15, 0.2) is 0 Å². The zero-order chi connectivity index (χ0) is 7.65. The summed E-state index contributed by atoms with van der Waals surface area (Å²) in [6.07, 6.45) is 0. The first kappa shape index (κ1) is 17.3. The first-order valence-electron chi connectivity index (χ1n) is 2.32. The maximum absolute atomic E-state index is 9.93. The average Bonchev–Trinajstić information content (AvgIpc) is 1.65. The molecule has 0 aromatic heterocycles. The van der Waals surface area contributed by atoms with Crippen LogP contribution in [0.1, 0.15) is 13.8 Å². The average molecular weight is 144 g/mol. The smallest absolute Gasteiger partial charge is 0.549 e. The third-order valence-electron chi connectivity index (χ3n) is 1.02. The molecule has 0 bridgehead atoms. The fraction of sp³-hybridized carbons (Fsp3) is 0.600. The summed E-state index contributed by atoms with van der Waals surface area (Å²) in [6.45, 7) is 2.02. The Hall–Kier alpha value is 0.135. The van der Waals surface area contributed by atoms with Crippen LogP contribution in [0.3, 0.4) is 0 Å². The minimum Gasteiger partial charge on any atom is -0.549 e. The largest absolute Gasteiger partial charge is 1.00 e. The summed E-state index contributed by atoms with van der Waals surface area (Å²) in [5.41, 5.74) is -1.89. The number of aliphatic carboxylic acids is 2. The van der Waals surface area contributed by atoms with Gasteiger partial charge >= 0.3 is 37.7 Å². The number of carboxylic acid groups (broad SMARTS) is 2. The van der Waals surface area contributed by atoms with Crippen molar-refractivity contribution in [2.24, 2.45) is 5.41 Å². The van der Waals surface area contributed by atoms with Crippen LogP contribution in [0.25, 0.3) is 0 Å². The molecule has 0 atom stereocenters. The first-order valence-corrected chi connectivity index (χ1v) is 2.32. The van der Waals surface area contributed by atoms with Crippen LogP contribution >= 0.6 is 0 Å². The summed E-state index contributed by atoms with van der Waals surface area (Å²) in [5.74, 6) is -3.27. The van der Waals surface area contributed by atoms with Crippen LogP contribution in [0.4, 0.5) is 0 Å². The quantitative estimate of drug-likeness (QED) is 0.284. The Morgan fingerprint density at radius 2 is 1.18 bits per heavy atom. The number of carbonyl (C=O) groups is 2. The van der Waals surface area contributed by atoms with Gasteiger partial charge in [0.25, 0.3) is 0 Å². The monoisotopic (exact) mass is 144 g/mol. The summed E-state index contributed by atoms with van der Waals surface area (Å²) < 4.78 is 0. The molecular formula is C5H6Li2O4. The van der Waals surface area contributed by atoms with Gasteiger partial charge in [0, 0.05) is 5.41 Å².